The predicted molar refractivity (Wildman–Crippen MR) is 106 cm³/mol. The third kappa shape index (κ3) is 3.58. The maximum atomic E-state index is 12.5. The van der Waals surface area contributed by atoms with Gasteiger partial charge < -0.3 is 9.55 Å². The topological polar surface area (TPSA) is 121 Å². The fourth-order valence-electron chi connectivity index (χ4n) is 3.01. The average molecular weight is 403 g/mol. The van der Waals surface area contributed by atoms with E-state index < -0.39 is 20.5 Å². The van der Waals surface area contributed by atoms with Gasteiger partial charge in [-0.2, -0.15) is 0 Å². The Bertz CT molecular complexity index is 1160. The molecule has 1 unspecified atom stereocenters. The van der Waals surface area contributed by atoms with Crippen LogP contribution in [0.3, 0.4) is 0 Å². The predicted octanol–water partition coefficient (Wildman–Crippen LogP) is 1.70. The Kier molecular flexibility index (Phi) is 5.14. The summed E-state index contributed by atoms with van der Waals surface area (Å²) < 4.78 is 23.5. The zero-order valence-electron chi connectivity index (χ0n) is 15.5. The lowest BCUT2D eigenvalue weighted by molar-refractivity contribution is -0.131. The van der Waals surface area contributed by atoms with Crippen LogP contribution in [0.25, 0.3) is 22.2 Å². The van der Waals surface area contributed by atoms with Gasteiger partial charge in [-0.3, -0.25) is 14.8 Å². The molecule has 3 aromatic rings. The Morgan fingerprint density at radius 3 is 2.57 bits per heavy atom. The Morgan fingerprint density at radius 2 is 1.96 bits per heavy atom. The van der Waals surface area contributed by atoms with Crippen molar-refractivity contribution in [3.8, 4) is 11.3 Å². The van der Waals surface area contributed by atoms with Gasteiger partial charge in [-0.05, 0) is 31.5 Å². The number of para-hydroxylation sites is 1. The summed E-state index contributed by atoms with van der Waals surface area (Å²) in [7, 11) is -3.82. The summed E-state index contributed by atoms with van der Waals surface area (Å²) in [5.41, 5.74) is 3.54. The maximum Gasteiger partial charge on any atom is 0.264 e. The number of aryl methyl sites for hydroxylation is 1. The molecule has 9 heteroatoms. The van der Waals surface area contributed by atoms with E-state index in [9.17, 15) is 18.0 Å². The molecule has 0 saturated heterocycles. The van der Waals surface area contributed by atoms with Crippen LogP contribution < -0.4 is 11.0 Å². The lowest BCUT2D eigenvalue weighted by Gasteiger charge is -2.25. The van der Waals surface area contributed by atoms with Gasteiger partial charge in [0.15, 0.2) is 14.6 Å². The first-order valence-electron chi connectivity index (χ1n) is 8.58. The van der Waals surface area contributed by atoms with E-state index in [4.69, 9.17) is 5.21 Å². The molecule has 2 heterocycles. The molecular weight excluding hydrogens is 382 g/mol. The van der Waals surface area contributed by atoms with Crippen LogP contribution in [0.15, 0.2) is 53.5 Å². The van der Waals surface area contributed by atoms with E-state index in [1.807, 2.05) is 30.3 Å². The van der Waals surface area contributed by atoms with Crippen LogP contribution in [0.5, 0.6) is 0 Å². The number of carbonyl (C=O) groups excluding carboxylic acids is 1. The number of fused-ring (bicyclic) bond motifs is 1. The fraction of sp³-hybridized carbons (Fsp3) is 0.263. The van der Waals surface area contributed by atoms with Gasteiger partial charge >= 0.3 is 0 Å². The van der Waals surface area contributed by atoms with Crippen molar-refractivity contribution in [3.05, 3.63) is 59.0 Å². The van der Waals surface area contributed by atoms with Crippen molar-refractivity contribution < 1.29 is 18.4 Å². The number of H-pyrrole nitrogens is 1. The van der Waals surface area contributed by atoms with Crippen molar-refractivity contribution in [2.75, 3.05) is 6.26 Å². The van der Waals surface area contributed by atoms with Crippen LogP contribution in [0, 0.1) is 0 Å². The van der Waals surface area contributed by atoms with E-state index in [2.05, 4.69) is 4.98 Å². The highest BCUT2D eigenvalue weighted by Crippen LogP contribution is 2.24. The quantitative estimate of drug-likeness (QED) is 0.427. The van der Waals surface area contributed by atoms with E-state index in [1.54, 1.807) is 12.3 Å². The number of nitrogens with zero attached hydrogens (tertiary/aromatic N) is 1. The minimum Gasteiger partial charge on any atom is -0.355 e. The molecule has 28 heavy (non-hydrogen) atoms. The number of amides is 1. The van der Waals surface area contributed by atoms with Crippen molar-refractivity contribution in [2.24, 2.45) is 0 Å². The Morgan fingerprint density at radius 1 is 1.25 bits per heavy atom. The molecule has 1 atom stereocenters. The lowest BCUT2D eigenvalue weighted by atomic mass is 10.1. The Labute approximate surface area is 161 Å². The standard InChI is InChI=1S/C19H21N3O5S/c1-19(18(24)21-25,28(2,26)27)8-10-22-9-7-14(12-17(22)23)16-11-13-5-3-4-6-15(13)20-16/h3-7,9,11-12,20,25H,8,10H2,1-2H3,(H,21,24). The van der Waals surface area contributed by atoms with Gasteiger partial charge in [0, 0.05) is 47.2 Å². The van der Waals surface area contributed by atoms with Gasteiger partial charge in [-0.25, -0.2) is 13.9 Å². The first-order chi connectivity index (χ1) is 13.2. The SMILES string of the molecule is CC(CCn1ccc(-c2cc3ccccc3[nH]2)cc1=O)(C(=O)NO)S(C)(=O)=O. The molecule has 148 valence electrons. The Hall–Kier alpha value is -2.91. The molecule has 0 spiro atoms. The molecule has 2 aromatic heterocycles. The van der Waals surface area contributed by atoms with Crippen LogP contribution in [0.4, 0.5) is 0 Å². The first kappa shape index (κ1) is 19.8. The molecule has 3 rings (SSSR count). The molecule has 0 bridgehead atoms. The molecule has 0 radical (unpaired) electrons. The molecule has 0 aliphatic rings. The number of aromatic amines is 1. The number of nitrogens with one attached hydrogen (secondary N) is 2. The molecule has 0 aliphatic heterocycles. The maximum absolute atomic E-state index is 12.5. The molecular formula is C19H21N3O5S. The number of pyridine rings is 1. The highest BCUT2D eigenvalue weighted by molar-refractivity contribution is 7.92. The molecule has 0 saturated carbocycles. The van der Waals surface area contributed by atoms with Gasteiger partial charge in [0.25, 0.3) is 11.5 Å². The molecule has 3 N–H and O–H groups in total. The minimum atomic E-state index is -3.82. The van der Waals surface area contributed by atoms with E-state index in [0.29, 0.717) is 5.56 Å². The van der Waals surface area contributed by atoms with Crippen molar-refractivity contribution in [2.45, 2.75) is 24.6 Å². The number of rotatable bonds is 6. The zero-order valence-corrected chi connectivity index (χ0v) is 16.3. The summed E-state index contributed by atoms with van der Waals surface area (Å²) in [6, 6.07) is 12.9. The summed E-state index contributed by atoms with van der Waals surface area (Å²) in [6.07, 6.45) is 2.32. The Balaban J connectivity index is 1.86. The highest BCUT2D eigenvalue weighted by Gasteiger charge is 2.43. The number of benzene rings is 1. The van der Waals surface area contributed by atoms with Gasteiger partial charge in [0.2, 0.25) is 0 Å². The fourth-order valence-corrected chi connectivity index (χ4v) is 3.85. The van der Waals surface area contributed by atoms with Crippen molar-refractivity contribution in [1.82, 2.24) is 15.0 Å². The van der Waals surface area contributed by atoms with Crippen LogP contribution >= 0.6 is 0 Å². The number of hydrogen-bond donors (Lipinski definition) is 3. The van der Waals surface area contributed by atoms with Crippen LogP contribution in [0.1, 0.15) is 13.3 Å². The average Bonchev–Trinajstić information content (AvgIpc) is 3.09. The second-order valence-electron chi connectivity index (χ2n) is 6.91. The molecule has 1 amide bonds. The van der Waals surface area contributed by atoms with E-state index >= 15 is 0 Å². The van der Waals surface area contributed by atoms with Gasteiger partial charge in [0.1, 0.15) is 0 Å². The summed E-state index contributed by atoms with van der Waals surface area (Å²) >= 11 is 0. The first-order valence-corrected chi connectivity index (χ1v) is 10.5. The van der Waals surface area contributed by atoms with Gasteiger partial charge in [0.05, 0.1) is 0 Å². The number of sulfone groups is 1. The van der Waals surface area contributed by atoms with Crippen LogP contribution in [-0.4, -0.2) is 40.1 Å². The lowest BCUT2D eigenvalue weighted by Crippen LogP contribution is -2.49. The van der Waals surface area contributed by atoms with E-state index in [0.717, 1.165) is 22.9 Å². The van der Waals surface area contributed by atoms with Crippen LogP contribution in [0.2, 0.25) is 0 Å². The van der Waals surface area contributed by atoms with Crippen molar-refractivity contribution in [1.29, 1.82) is 0 Å². The van der Waals surface area contributed by atoms with E-state index in [-0.39, 0.29) is 18.5 Å². The molecule has 1 aromatic carbocycles. The molecule has 8 nitrogen and oxygen atoms in total. The highest BCUT2D eigenvalue weighted by atomic mass is 32.2. The minimum absolute atomic E-state index is 0.00278. The number of aromatic nitrogens is 2. The third-order valence-electron chi connectivity index (χ3n) is 5.07. The van der Waals surface area contributed by atoms with Crippen LogP contribution in [-0.2, 0) is 21.2 Å². The largest absolute Gasteiger partial charge is 0.355 e. The summed E-state index contributed by atoms with van der Waals surface area (Å²) in [5, 5.41) is 9.90. The molecule has 0 aliphatic carbocycles. The smallest absolute Gasteiger partial charge is 0.264 e. The van der Waals surface area contributed by atoms with Gasteiger partial charge in [-0.15, -0.1) is 0 Å². The number of hydrogen-bond acceptors (Lipinski definition) is 5. The monoisotopic (exact) mass is 403 g/mol. The van der Waals surface area contributed by atoms with Crippen molar-refractivity contribution >= 4 is 26.6 Å². The third-order valence-corrected chi connectivity index (χ3v) is 7.09. The normalized spacial score (nSPS) is 14.0. The molecule has 0 fully saturated rings. The van der Waals surface area contributed by atoms with E-state index in [1.165, 1.54) is 23.0 Å². The second kappa shape index (κ2) is 7.25. The number of hydroxylamine groups is 1. The second-order valence-corrected chi connectivity index (χ2v) is 9.36. The summed E-state index contributed by atoms with van der Waals surface area (Å²) in [5.74, 6) is -1.03. The summed E-state index contributed by atoms with van der Waals surface area (Å²) in [6.45, 7) is 1.22. The van der Waals surface area contributed by atoms with Gasteiger partial charge in [-0.1, -0.05) is 18.2 Å². The van der Waals surface area contributed by atoms with Crippen molar-refractivity contribution in [3.63, 3.8) is 0 Å². The number of carbonyl (C=O) groups is 1. The summed E-state index contributed by atoms with van der Waals surface area (Å²) in [4.78, 5) is 27.6. The zero-order chi connectivity index (χ0) is 20.5.